The van der Waals surface area contributed by atoms with Gasteiger partial charge in [0.15, 0.2) is 0 Å². The summed E-state index contributed by atoms with van der Waals surface area (Å²) < 4.78 is 13.0. The van der Waals surface area contributed by atoms with E-state index in [0.717, 1.165) is 0 Å². The van der Waals surface area contributed by atoms with Crippen molar-refractivity contribution in [3.8, 4) is 0 Å². The van der Waals surface area contributed by atoms with Crippen LogP contribution in [-0.2, 0) is 16.1 Å². The van der Waals surface area contributed by atoms with Crippen molar-refractivity contribution in [2.24, 2.45) is 0 Å². The van der Waals surface area contributed by atoms with Crippen LogP contribution in [-0.4, -0.2) is 49.1 Å². The molecule has 5 heavy (non-hydrogen) atoms. The first kappa shape index (κ1) is 9.62. The molecule has 0 N–H and O–H groups in total. The summed E-state index contributed by atoms with van der Waals surface area (Å²) in [6.45, 7) is 0. The minimum absolute atomic E-state index is 0. The van der Waals surface area contributed by atoms with Crippen molar-refractivity contribution in [3.05, 3.63) is 0 Å². The number of hydrogen-bond donors (Lipinski definition) is 1. The van der Waals surface area contributed by atoms with Crippen molar-refractivity contribution in [1.82, 2.24) is 0 Å². The minimum atomic E-state index is -0.252. The van der Waals surface area contributed by atoms with Crippen LogP contribution in [0.25, 0.3) is 0 Å². The molecule has 0 aliphatic heterocycles. The first-order valence-corrected chi connectivity index (χ1v) is 1.50. The van der Waals surface area contributed by atoms with Gasteiger partial charge in [0.1, 0.15) is 11.9 Å². The van der Waals surface area contributed by atoms with Crippen molar-refractivity contribution in [3.63, 3.8) is 0 Å². The molecule has 30 valence electrons. The molecule has 0 saturated heterocycles. The molecule has 0 unspecified atom stereocenters. The van der Waals surface area contributed by atoms with Crippen LogP contribution >= 0.6 is 0 Å². The summed E-state index contributed by atoms with van der Waals surface area (Å²) in [5, 5.41) is 0. The van der Waals surface area contributed by atoms with Crippen LogP contribution in [0.1, 0.15) is 0 Å². The van der Waals surface area contributed by atoms with E-state index < -0.39 is 0 Å². The van der Waals surface area contributed by atoms with E-state index in [4.69, 9.17) is 4.21 Å². The molecule has 0 aliphatic rings. The molecule has 0 bridgehead atoms. The fraction of sp³-hybridized carbons (Fsp3) is 1.00. The van der Waals surface area contributed by atoms with Crippen LogP contribution in [0.2, 0.25) is 0 Å². The Balaban J connectivity index is 0. The van der Waals surface area contributed by atoms with E-state index in [0.29, 0.717) is 0 Å². The van der Waals surface area contributed by atoms with Gasteiger partial charge in [0.05, 0.1) is 7.11 Å². The van der Waals surface area contributed by atoms with E-state index in [-0.39, 0.29) is 49.7 Å². The summed E-state index contributed by atoms with van der Waals surface area (Å²) in [5.41, 5.74) is 0. The average molecular weight is 122 g/mol. The molecule has 0 fully saturated rings. The van der Waals surface area contributed by atoms with Crippen molar-refractivity contribution < 1.29 is 8.39 Å². The first-order valence-electron chi connectivity index (χ1n) is 0.773. The fourth-order valence-electron chi connectivity index (χ4n) is 0. The Morgan fingerprint density at radius 3 is 2.00 bits per heavy atom. The third-order valence-corrected chi connectivity index (χ3v) is 0.224. The van der Waals surface area contributed by atoms with Crippen LogP contribution in [0.15, 0.2) is 0 Å². The summed E-state index contributed by atoms with van der Waals surface area (Å²) in [6, 6.07) is 0. The third kappa shape index (κ3) is 10.9. The van der Waals surface area contributed by atoms with Gasteiger partial charge in [-0.05, 0) is 0 Å². The molecule has 0 saturated carbocycles. The molecular formula is CH6CaO2S. The van der Waals surface area contributed by atoms with Gasteiger partial charge in [0.2, 0.25) is 0 Å². The maximum atomic E-state index is 9.05. The summed E-state index contributed by atoms with van der Waals surface area (Å²) in [5.74, 6) is 0. The molecule has 0 aromatic heterocycles. The molecule has 0 rings (SSSR count). The zero-order chi connectivity index (χ0) is 3.41. The predicted octanol–water partition coefficient (Wildman–Crippen LogP) is -1.42. The van der Waals surface area contributed by atoms with Crippen molar-refractivity contribution in [1.29, 1.82) is 0 Å². The second-order valence-electron chi connectivity index (χ2n) is 0.257. The van der Waals surface area contributed by atoms with Crippen molar-refractivity contribution in [2.45, 2.75) is 0 Å². The predicted molar refractivity (Wildman–Crippen MR) is 25.1 cm³/mol. The van der Waals surface area contributed by atoms with Crippen LogP contribution in [0.5, 0.6) is 0 Å². The molecule has 2 nitrogen and oxygen atoms in total. The second-order valence-corrected chi connectivity index (χ2v) is 0.771. The van der Waals surface area contributed by atoms with Gasteiger partial charge < -0.3 is 0 Å². The molecule has 4 heteroatoms. The number of rotatable bonds is 1. The maximum absolute atomic E-state index is 9.05. The standard InChI is InChI=1S/CH4O2S.Ca.2H/c1-3-4-2;;;/h4H,1H3;;;. The van der Waals surface area contributed by atoms with Gasteiger partial charge in [-0.25, -0.2) is 4.21 Å². The molecule has 0 heterocycles. The van der Waals surface area contributed by atoms with Gasteiger partial charge in [-0.1, -0.05) is 0 Å². The molecule has 0 aromatic carbocycles. The van der Waals surface area contributed by atoms with Crippen molar-refractivity contribution >= 4 is 49.7 Å². The van der Waals surface area contributed by atoms with Gasteiger partial charge in [0.25, 0.3) is 0 Å². The zero-order valence-corrected chi connectivity index (χ0v) is 3.16. The normalized spacial score (nSPS) is 5.80. The molecule has 0 aromatic rings. The molecule has 0 atom stereocenters. The fourth-order valence-corrected chi connectivity index (χ4v) is 0. The van der Waals surface area contributed by atoms with Gasteiger partial charge in [0, 0.05) is 0 Å². The summed E-state index contributed by atoms with van der Waals surface area (Å²) in [7, 11) is 1.36. The Bertz CT molecular complexity index is 23.6. The third-order valence-electron chi connectivity index (χ3n) is 0.0745. The van der Waals surface area contributed by atoms with Gasteiger partial charge in [-0.2, -0.15) is 0 Å². The Morgan fingerprint density at radius 2 is 2.00 bits per heavy atom. The molecule has 0 amide bonds. The Morgan fingerprint density at radius 1 is 1.80 bits per heavy atom. The Hall–Kier alpha value is 1.37. The molecule has 0 aliphatic carbocycles. The second kappa shape index (κ2) is 9.03. The van der Waals surface area contributed by atoms with Crippen LogP contribution < -0.4 is 0 Å². The quantitative estimate of drug-likeness (QED) is 0.341. The summed E-state index contributed by atoms with van der Waals surface area (Å²) in [6.07, 6.45) is 0. The van der Waals surface area contributed by atoms with E-state index >= 15 is 0 Å². The van der Waals surface area contributed by atoms with Crippen molar-refractivity contribution in [2.75, 3.05) is 7.11 Å². The monoisotopic (exact) mass is 122 g/mol. The SMILES string of the molecule is CO[SH]=O.[CaH2]. The Kier molecular flexibility index (Phi) is 17.4. The van der Waals surface area contributed by atoms with Crippen LogP contribution in [0.4, 0.5) is 0 Å². The van der Waals surface area contributed by atoms with Gasteiger partial charge in [-0.3, -0.25) is 4.18 Å². The molecule has 0 spiro atoms. The van der Waals surface area contributed by atoms with Crippen LogP contribution in [0.3, 0.4) is 0 Å². The Labute approximate surface area is 64.6 Å². The van der Waals surface area contributed by atoms with E-state index in [2.05, 4.69) is 4.18 Å². The van der Waals surface area contributed by atoms with Gasteiger partial charge in [-0.15, -0.1) is 0 Å². The van der Waals surface area contributed by atoms with E-state index in [1.807, 2.05) is 0 Å². The topological polar surface area (TPSA) is 26.3 Å². The average Bonchev–Trinajstić information content (AvgIpc) is 1.37. The van der Waals surface area contributed by atoms with E-state index in [1.54, 1.807) is 0 Å². The summed E-state index contributed by atoms with van der Waals surface area (Å²) in [4.78, 5) is 0. The first-order chi connectivity index (χ1) is 1.91. The number of hydrogen-bond acceptors (Lipinski definition) is 2. The van der Waals surface area contributed by atoms with E-state index in [1.165, 1.54) is 7.11 Å². The van der Waals surface area contributed by atoms with Crippen LogP contribution in [0, 0.1) is 0 Å². The zero-order valence-electron chi connectivity index (χ0n) is 2.26. The molecule has 0 radical (unpaired) electrons. The van der Waals surface area contributed by atoms with Gasteiger partial charge >= 0.3 is 37.7 Å². The van der Waals surface area contributed by atoms with E-state index in [9.17, 15) is 0 Å². The summed E-state index contributed by atoms with van der Waals surface area (Å²) >= 11 is -0.252. The molecular weight excluding hydrogens is 116 g/mol. The number of thiol groups is 1.